The van der Waals surface area contributed by atoms with Crippen molar-refractivity contribution < 1.29 is 14.7 Å². The van der Waals surface area contributed by atoms with Gasteiger partial charge in [-0.05, 0) is 31.7 Å². The minimum Gasteiger partial charge on any atom is -0.506 e. The van der Waals surface area contributed by atoms with Gasteiger partial charge in [0, 0.05) is 24.4 Å². The molecule has 0 bridgehead atoms. The Balaban J connectivity index is 1.66. The van der Waals surface area contributed by atoms with E-state index in [1.165, 1.54) is 17.4 Å². The van der Waals surface area contributed by atoms with Gasteiger partial charge in [0.25, 0.3) is 0 Å². The number of aromatic hydroxyl groups is 1. The van der Waals surface area contributed by atoms with Crippen LogP contribution >= 0.6 is 11.3 Å². The highest BCUT2D eigenvalue weighted by molar-refractivity contribution is 7.16. The van der Waals surface area contributed by atoms with Crippen LogP contribution in [0.4, 0.5) is 10.8 Å². The summed E-state index contributed by atoms with van der Waals surface area (Å²) in [6, 6.07) is 4.77. The van der Waals surface area contributed by atoms with Gasteiger partial charge in [-0.3, -0.25) is 14.9 Å². The molecule has 1 aromatic carbocycles. The zero-order valence-corrected chi connectivity index (χ0v) is 14.2. The third-order valence-electron chi connectivity index (χ3n) is 3.75. The summed E-state index contributed by atoms with van der Waals surface area (Å²) in [6.45, 7) is 3.55. The second-order valence-corrected chi connectivity index (χ2v) is 6.89. The number of likely N-dealkylation sites (N-methyl/N-ethyl adjacent to an activating group) is 1. The summed E-state index contributed by atoms with van der Waals surface area (Å²) >= 11 is 1.38. The summed E-state index contributed by atoms with van der Waals surface area (Å²) in [5, 5.41) is 15.1. The zero-order chi connectivity index (χ0) is 17.3. The van der Waals surface area contributed by atoms with Crippen LogP contribution in [0.5, 0.6) is 5.75 Å². The first-order valence-corrected chi connectivity index (χ1v) is 8.33. The average Bonchev–Trinajstić information content (AvgIpc) is 2.92. The molecule has 2 aromatic rings. The van der Waals surface area contributed by atoms with Crippen LogP contribution in [0.25, 0.3) is 0 Å². The molecule has 1 aliphatic heterocycles. The minimum atomic E-state index is -0.846. The number of nitrogens with zero attached hydrogens (tertiary/aromatic N) is 2. The topological polar surface area (TPSA) is 94.6 Å². The SMILES string of the molecule is Cc1ccc(O)c(NC(=O)C(=O)Nc2nc3c(s2)CN(C)CC3)c1. The molecular weight excluding hydrogens is 328 g/mol. The number of rotatable bonds is 2. The zero-order valence-electron chi connectivity index (χ0n) is 13.4. The van der Waals surface area contributed by atoms with Crippen LogP contribution in [-0.4, -0.2) is 40.4 Å². The van der Waals surface area contributed by atoms with Crippen LogP contribution in [0.1, 0.15) is 16.1 Å². The van der Waals surface area contributed by atoms with Crippen LogP contribution in [0.15, 0.2) is 18.2 Å². The number of carbonyl (C=O) groups excluding carboxylic acids is 2. The average molecular weight is 346 g/mol. The number of thiazole rings is 1. The Morgan fingerprint density at radius 1 is 1.29 bits per heavy atom. The quantitative estimate of drug-likeness (QED) is 0.569. The molecular formula is C16H18N4O3S. The number of phenolic OH excluding ortho intramolecular Hbond substituents is 1. The van der Waals surface area contributed by atoms with Gasteiger partial charge < -0.3 is 15.3 Å². The molecule has 8 heteroatoms. The van der Waals surface area contributed by atoms with Crippen molar-refractivity contribution in [2.45, 2.75) is 19.9 Å². The number of aryl methyl sites for hydroxylation is 1. The number of phenols is 1. The van der Waals surface area contributed by atoms with E-state index in [0.717, 1.165) is 35.6 Å². The van der Waals surface area contributed by atoms with Gasteiger partial charge in [-0.2, -0.15) is 0 Å². The van der Waals surface area contributed by atoms with E-state index in [4.69, 9.17) is 0 Å². The predicted molar refractivity (Wildman–Crippen MR) is 92.3 cm³/mol. The Morgan fingerprint density at radius 2 is 2.04 bits per heavy atom. The summed E-state index contributed by atoms with van der Waals surface area (Å²) in [7, 11) is 2.03. The first-order chi connectivity index (χ1) is 11.4. The Morgan fingerprint density at radius 3 is 2.83 bits per heavy atom. The van der Waals surface area contributed by atoms with E-state index >= 15 is 0 Å². The lowest BCUT2D eigenvalue weighted by Gasteiger charge is -2.20. The van der Waals surface area contributed by atoms with Gasteiger partial charge in [0.05, 0.1) is 11.4 Å². The highest BCUT2D eigenvalue weighted by Gasteiger charge is 2.21. The molecule has 2 heterocycles. The van der Waals surface area contributed by atoms with Gasteiger partial charge >= 0.3 is 11.8 Å². The van der Waals surface area contributed by atoms with Crippen molar-refractivity contribution in [1.82, 2.24) is 9.88 Å². The van der Waals surface area contributed by atoms with Crippen molar-refractivity contribution in [2.24, 2.45) is 0 Å². The number of hydrogen-bond donors (Lipinski definition) is 3. The fourth-order valence-electron chi connectivity index (χ4n) is 2.46. The molecule has 0 saturated heterocycles. The number of anilines is 2. The second-order valence-electron chi connectivity index (χ2n) is 5.81. The normalized spacial score (nSPS) is 14.1. The van der Waals surface area contributed by atoms with E-state index in [1.807, 2.05) is 14.0 Å². The number of benzene rings is 1. The largest absolute Gasteiger partial charge is 0.506 e. The molecule has 0 saturated carbocycles. The molecule has 0 radical (unpaired) electrons. The van der Waals surface area contributed by atoms with Gasteiger partial charge in [-0.15, -0.1) is 11.3 Å². The lowest BCUT2D eigenvalue weighted by atomic mass is 10.2. The van der Waals surface area contributed by atoms with E-state index in [1.54, 1.807) is 12.1 Å². The van der Waals surface area contributed by atoms with Gasteiger partial charge in [0.1, 0.15) is 5.75 Å². The van der Waals surface area contributed by atoms with Gasteiger partial charge in [0.2, 0.25) is 0 Å². The van der Waals surface area contributed by atoms with E-state index in [9.17, 15) is 14.7 Å². The van der Waals surface area contributed by atoms with E-state index < -0.39 is 11.8 Å². The van der Waals surface area contributed by atoms with E-state index in [2.05, 4.69) is 20.5 Å². The molecule has 7 nitrogen and oxygen atoms in total. The van der Waals surface area contributed by atoms with Crippen molar-refractivity contribution in [2.75, 3.05) is 24.2 Å². The smallest absolute Gasteiger partial charge is 0.315 e. The van der Waals surface area contributed by atoms with Crippen LogP contribution in [0.2, 0.25) is 0 Å². The third-order valence-corrected chi connectivity index (χ3v) is 4.75. The highest BCUT2D eigenvalue weighted by atomic mass is 32.1. The molecule has 0 spiro atoms. The predicted octanol–water partition coefficient (Wildman–Crippen LogP) is 1.72. The summed E-state index contributed by atoms with van der Waals surface area (Å²) in [5.41, 5.74) is 2.04. The fourth-order valence-corrected chi connectivity index (χ4v) is 3.54. The monoisotopic (exact) mass is 346 g/mol. The lowest BCUT2D eigenvalue weighted by Crippen LogP contribution is -2.29. The highest BCUT2D eigenvalue weighted by Crippen LogP contribution is 2.28. The number of hydrogen-bond acceptors (Lipinski definition) is 6. The molecule has 3 N–H and O–H groups in total. The molecule has 2 amide bonds. The molecule has 1 aliphatic rings. The van der Waals surface area contributed by atoms with Crippen molar-refractivity contribution in [3.05, 3.63) is 34.3 Å². The first-order valence-electron chi connectivity index (χ1n) is 7.51. The maximum atomic E-state index is 12.0. The molecule has 126 valence electrons. The summed E-state index contributed by atoms with van der Waals surface area (Å²) < 4.78 is 0. The van der Waals surface area contributed by atoms with Gasteiger partial charge in [-0.1, -0.05) is 6.07 Å². The third kappa shape index (κ3) is 3.55. The molecule has 0 unspecified atom stereocenters. The summed E-state index contributed by atoms with van der Waals surface area (Å²) in [6.07, 6.45) is 0.835. The molecule has 24 heavy (non-hydrogen) atoms. The minimum absolute atomic E-state index is 0.0884. The lowest BCUT2D eigenvalue weighted by molar-refractivity contribution is -0.133. The molecule has 0 atom stereocenters. The van der Waals surface area contributed by atoms with Gasteiger partial charge in [0.15, 0.2) is 5.13 Å². The first kappa shape index (κ1) is 16.4. The molecule has 3 rings (SSSR count). The van der Waals surface area contributed by atoms with Crippen LogP contribution in [-0.2, 0) is 22.6 Å². The van der Waals surface area contributed by atoms with Crippen LogP contribution in [0.3, 0.4) is 0 Å². The Labute approximate surface area is 143 Å². The van der Waals surface area contributed by atoms with Gasteiger partial charge in [-0.25, -0.2) is 4.98 Å². The van der Waals surface area contributed by atoms with E-state index in [-0.39, 0.29) is 11.4 Å². The second kappa shape index (κ2) is 6.58. The number of amides is 2. The summed E-state index contributed by atoms with van der Waals surface area (Å²) in [4.78, 5) is 31.7. The Kier molecular flexibility index (Phi) is 4.50. The van der Waals surface area contributed by atoms with Crippen molar-refractivity contribution in [1.29, 1.82) is 0 Å². The fraction of sp³-hybridized carbons (Fsp3) is 0.312. The Hall–Kier alpha value is -2.45. The number of carbonyl (C=O) groups is 2. The maximum Gasteiger partial charge on any atom is 0.315 e. The number of fused-ring (bicyclic) bond motifs is 1. The molecule has 0 fully saturated rings. The molecule has 0 aliphatic carbocycles. The number of nitrogens with one attached hydrogen (secondary N) is 2. The van der Waals surface area contributed by atoms with Crippen molar-refractivity contribution >= 4 is 34.0 Å². The van der Waals surface area contributed by atoms with Crippen molar-refractivity contribution in [3.63, 3.8) is 0 Å². The maximum absolute atomic E-state index is 12.0. The van der Waals surface area contributed by atoms with E-state index in [0.29, 0.717) is 5.13 Å². The molecule has 1 aromatic heterocycles. The standard InChI is InChI=1S/C16H18N4O3S/c1-9-3-4-12(21)11(7-9)17-14(22)15(23)19-16-18-10-5-6-20(2)8-13(10)24-16/h3-4,7,21H,5-6,8H2,1-2H3,(H,17,22)(H,18,19,23). The van der Waals surface area contributed by atoms with Crippen LogP contribution < -0.4 is 10.6 Å². The Bertz CT molecular complexity index is 803. The summed E-state index contributed by atoms with van der Waals surface area (Å²) in [5.74, 6) is -1.74. The van der Waals surface area contributed by atoms with Crippen molar-refractivity contribution in [3.8, 4) is 5.75 Å². The van der Waals surface area contributed by atoms with Crippen LogP contribution in [0, 0.1) is 6.92 Å². The number of aromatic nitrogens is 1.